The van der Waals surface area contributed by atoms with Crippen LogP contribution in [0.3, 0.4) is 0 Å². The van der Waals surface area contributed by atoms with Crippen LogP contribution in [0.5, 0.6) is 11.5 Å². The molecule has 5 rings (SSSR count). The molecule has 1 N–H and O–H groups in total. The molecular weight excluding hydrogens is 484 g/mol. The zero-order valence-electron chi connectivity index (χ0n) is 21.2. The Morgan fingerprint density at radius 3 is 2.32 bits per heavy atom. The second-order valence-electron chi connectivity index (χ2n) is 9.66. The maximum Gasteiger partial charge on any atom is 0.251 e. The van der Waals surface area contributed by atoms with Crippen molar-refractivity contribution < 1.29 is 23.5 Å². The van der Waals surface area contributed by atoms with E-state index in [1.807, 2.05) is 54.6 Å². The first-order chi connectivity index (χ1) is 18.5. The van der Waals surface area contributed by atoms with Crippen LogP contribution in [0.15, 0.2) is 78.9 Å². The van der Waals surface area contributed by atoms with E-state index in [9.17, 15) is 14.0 Å². The summed E-state index contributed by atoms with van der Waals surface area (Å²) in [6.07, 6.45) is -0.182. The Kier molecular flexibility index (Phi) is 8.06. The number of benzene rings is 3. The van der Waals surface area contributed by atoms with Crippen molar-refractivity contribution in [2.75, 3.05) is 37.6 Å². The lowest BCUT2D eigenvalue weighted by Crippen LogP contribution is -2.51. The van der Waals surface area contributed by atoms with Crippen molar-refractivity contribution in [3.8, 4) is 11.5 Å². The predicted molar refractivity (Wildman–Crippen MR) is 143 cm³/mol. The molecule has 0 aromatic heterocycles. The Morgan fingerprint density at radius 2 is 1.61 bits per heavy atom. The zero-order chi connectivity index (χ0) is 26.3. The first-order valence-corrected chi connectivity index (χ1v) is 13.0. The molecular formula is C30H32FN3O4. The van der Waals surface area contributed by atoms with E-state index in [0.29, 0.717) is 56.9 Å². The highest BCUT2D eigenvalue weighted by molar-refractivity contribution is 5.96. The number of carbonyl (C=O) groups is 2. The van der Waals surface area contributed by atoms with Crippen LogP contribution in [0, 0.1) is 0 Å². The van der Waals surface area contributed by atoms with E-state index in [1.165, 1.54) is 0 Å². The molecule has 0 bridgehead atoms. The number of nitrogens with one attached hydrogen (secondary N) is 1. The Balaban J connectivity index is 1.04. The number of hydrogen-bond donors (Lipinski definition) is 1. The van der Waals surface area contributed by atoms with E-state index >= 15 is 0 Å². The van der Waals surface area contributed by atoms with Crippen molar-refractivity contribution in [2.45, 2.75) is 31.7 Å². The number of rotatable bonds is 9. The van der Waals surface area contributed by atoms with Crippen LogP contribution in [0.4, 0.5) is 10.1 Å². The summed E-state index contributed by atoms with van der Waals surface area (Å²) in [6.45, 7) is 3.05. The molecule has 1 saturated heterocycles. The summed E-state index contributed by atoms with van der Waals surface area (Å²) in [5, 5.41) is 2.71. The second-order valence-corrected chi connectivity index (χ2v) is 9.66. The molecule has 3 aromatic carbocycles. The third kappa shape index (κ3) is 6.62. The standard InChI is InChI=1S/C30H32FN3O4/c31-24-18-28(19-24)38-27-8-4-7-23(17-27)30(36)32-20-29(35)34-15-13-33(14-16-34)25-9-11-26(12-10-25)37-21-22-5-2-1-3-6-22/h1-12,17,24,28H,13-16,18-21H2,(H,32,36)/i31-1. The number of hydrogen-bond acceptors (Lipinski definition) is 5. The van der Waals surface area contributed by atoms with E-state index < -0.39 is 6.17 Å². The smallest absolute Gasteiger partial charge is 0.251 e. The summed E-state index contributed by atoms with van der Waals surface area (Å²) in [4.78, 5) is 29.3. The van der Waals surface area contributed by atoms with E-state index in [0.717, 1.165) is 17.0 Å². The lowest BCUT2D eigenvalue weighted by Gasteiger charge is -2.36. The van der Waals surface area contributed by atoms with E-state index in [1.54, 1.807) is 29.2 Å². The Labute approximate surface area is 222 Å². The lowest BCUT2D eigenvalue weighted by molar-refractivity contribution is -0.130. The average molecular weight is 517 g/mol. The molecule has 0 spiro atoms. The van der Waals surface area contributed by atoms with E-state index in [4.69, 9.17) is 9.47 Å². The monoisotopic (exact) mass is 516 g/mol. The van der Waals surface area contributed by atoms with Gasteiger partial charge in [-0.25, -0.2) is 4.39 Å². The normalized spacial score (nSPS) is 18.9. The van der Waals surface area contributed by atoms with Gasteiger partial charge in [-0.15, -0.1) is 0 Å². The van der Waals surface area contributed by atoms with Crippen molar-refractivity contribution in [3.63, 3.8) is 0 Å². The van der Waals surface area contributed by atoms with Crippen molar-refractivity contribution in [2.24, 2.45) is 0 Å². The molecule has 0 radical (unpaired) electrons. The Bertz CT molecular complexity index is 1220. The average Bonchev–Trinajstić information content (AvgIpc) is 2.95. The van der Waals surface area contributed by atoms with Crippen LogP contribution in [0.25, 0.3) is 0 Å². The summed E-state index contributed by atoms with van der Waals surface area (Å²) in [5.41, 5.74) is 2.62. The van der Waals surface area contributed by atoms with Crippen LogP contribution in [0.1, 0.15) is 28.8 Å². The largest absolute Gasteiger partial charge is 0.490 e. The molecule has 1 heterocycles. The molecule has 7 nitrogen and oxygen atoms in total. The third-order valence-corrected chi connectivity index (χ3v) is 6.92. The molecule has 1 aliphatic carbocycles. The molecule has 2 amide bonds. The zero-order valence-corrected chi connectivity index (χ0v) is 21.2. The number of piperazine rings is 1. The summed E-state index contributed by atoms with van der Waals surface area (Å²) >= 11 is 0. The van der Waals surface area contributed by atoms with Gasteiger partial charge < -0.3 is 24.6 Å². The first kappa shape index (κ1) is 25.6. The number of carbonyl (C=O) groups excluding carboxylic acids is 2. The van der Waals surface area contributed by atoms with Gasteiger partial charge in [-0.3, -0.25) is 9.59 Å². The quantitative estimate of drug-likeness (QED) is 0.461. The van der Waals surface area contributed by atoms with Gasteiger partial charge in [-0.2, -0.15) is 0 Å². The van der Waals surface area contributed by atoms with Gasteiger partial charge in [0.05, 0.1) is 6.54 Å². The van der Waals surface area contributed by atoms with Crippen molar-refractivity contribution in [3.05, 3.63) is 90.0 Å². The highest BCUT2D eigenvalue weighted by atomic mass is 18.2. The van der Waals surface area contributed by atoms with Crippen molar-refractivity contribution in [1.82, 2.24) is 10.2 Å². The molecule has 3 aromatic rings. The van der Waals surface area contributed by atoms with Gasteiger partial charge in [0.25, 0.3) is 5.91 Å². The fourth-order valence-corrected chi connectivity index (χ4v) is 4.58. The topological polar surface area (TPSA) is 71.1 Å². The number of anilines is 1. The van der Waals surface area contributed by atoms with Gasteiger partial charge in [0.15, 0.2) is 0 Å². The highest BCUT2D eigenvalue weighted by Gasteiger charge is 2.30. The molecule has 38 heavy (non-hydrogen) atoms. The van der Waals surface area contributed by atoms with E-state index in [2.05, 4.69) is 10.2 Å². The summed E-state index contributed by atoms with van der Waals surface area (Å²) < 4.78 is 24.6. The summed E-state index contributed by atoms with van der Waals surface area (Å²) in [5.74, 6) is 0.899. The molecule has 198 valence electrons. The molecule has 1 aliphatic heterocycles. The molecule has 8 heteroatoms. The van der Waals surface area contributed by atoms with Gasteiger partial charge in [0.2, 0.25) is 5.91 Å². The number of nitrogens with zero attached hydrogens (tertiary/aromatic N) is 2. The third-order valence-electron chi connectivity index (χ3n) is 6.92. The molecule has 0 atom stereocenters. The first-order valence-electron chi connectivity index (χ1n) is 13.0. The lowest BCUT2D eigenvalue weighted by atomic mass is 9.93. The summed E-state index contributed by atoms with van der Waals surface area (Å²) in [7, 11) is 0. The maximum absolute atomic E-state index is 13.0. The van der Waals surface area contributed by atoms with Gasteiger partial charge in [-0.05, 0) is 48.0 Å². The number of alkyl halides is 1. The highest BCUT2D eigenvalue weighted by Crippen LogP contribution is 2.28. The number of halogens is 1. The minimum atomic E-state index is -0.801. The fraction of sp³-hybridized carbons (Fsp3) is 0.333. The second kappa shape index (κ2) is 12.0. The predicted octanol–water partition coefficient (Wildman–Crippen LogP) is 4.22. The van der Waals surface area contributed by atoms with Crippen LogP contribution in [0.2, 0.25) is 0 Å². The van der Waals surface area contributed by atoms with E-state index in [-0.39, 0.29) is 24.5 Å². The summed E-state index contributed by atoms with van der Waals surface area (Å²) in [6, 6.07) is 24.8. The minimum absolute atomic E-state index is 0.0659. The fourth-order valence-electron chi connectivity index (χ4n) is 4.58. The van der Waals surface area contributed by atoms with Gasteiger partial charge in [0, 0.05) is 50.3 Å². The molecule has 2 fully saturated rings. The van der Waals surface area contributed by atoms with Crippen LogP contribution >= 0.6 is 0 Å². The Hall–Kier alpha value is -4.07. The molecule has 1 saturated carbocycles. The SMILES string of the molecule is O=C(NCC(=O)N1CCN(c2ccc(OCc3ccccc3)cc2)CC1)c1cccc(OC2CC([18F])C2)c1. The Morgan fingerprint density at radius 1 is 0.868 bits per heavy atom. The van der Waals surface area contributed by atoms with Crippen LogP contribution in [-0.2, 0) is 11.4 Å². The molecule has 0 unspecified atom stereocenters. The van der Waals surface area contributed by atoms with Crippen molar-refractivity contribution >= 4 is 17.5 Å². The van der Waals surface area contributed by atoms with Crippen molar-refractivity contribution in [1.29, 1.82) is 0 Å². The van der Waals surface area contributed by atoms with Gasteiger partial charge in [-0.1, -0.05) is 36.4 Å². The minimum Gasteiger partial charge on any atom is -0.490 e. The number of amides is 2. The maximum atomic E-state index is 13.0. The van der Waals surface area contributed by atoms with Crippen LogP contribution in [-0.4, -0.2) is 61.7 Å². The number of ether oxygens (including phenoxy) is 2. The van der Waals surface area contributed by atoms with Crippen LogP contribution < -0.4 is 19.7 Å². The van der Waals surface area contributed by atoms with Gasteiger partial charge in [0.1, 0.15) is 30.4 Å². The van der Waals surface area contributed by atoms with Gasteiger partial charge >= 0.3 is 0 Å². The molecule has 2 aliphatic rings.